The SMILES string of the molecule is CC(=O)Nc1cccc(Nc2ncc3c(n2)-c2cc(C(=O)N(C)C)sc2CO3)c1.CC(=O)Nc1cccc(Nc2ncc3c(n2)-c2cc(C(=O)N4CCNCC4)sc2CO3)c1.Cc1cc(C)cc(Nc2ncc3c(n2)-c2cc(C(=O)N(C)C)sc2CO3)c1.Cc1cc(C)cc(Nc2ncc3c(n2)-c2cc(C(=O)N4CCNCC4)sc2CO3)c1.NS(=O)(=O)c1cccc(Nc2ncc3c(n2)-c2cc(C(=O)N4CCNCC4)sc2CO3)c1. The van der Waals surface area contributed by atoms with Crippen LogP contribution >= 0.6 is 56.7 Å². The van der Waals surface area contributed by atoms with E-state index in [0.29, 0.717) is 171 Å². The molecule has 10 aromatic heterocycles. The summed E-state index contributed by atoms with van der Waals surface area (Å²) in [6, 6.07) is 42.7. The summed E-state index contributed by atoms with van der Waals surface area (Å²) in [5, 5.41) is 36.4. The summed E-state index contributed by atoms with van der Waals surface area (Å²) in [6.07, 6.45) is 8.21. The number of aryl methyl sites for hydroxylation is 4. The molecule has 15 aromatic rings. The normalized spacial score (nSPS) is 13.9. The number of thiophene rings is 5. The Morgan fingerprint density at radius 3 is 0.847 bits per heavy atom. The van der Waals surface area contributed by atoms with Crippen molar-refractivity contribution in [1.82, 2.24) is 90.3 Å². The average Bonchev–Trinajstić information content (AvgIpc) is 1.62. The molecule has 18 heterocycles. The summed E-state index contributed by atoms with van der Waals surface area (Å²) in [7, 11) is 3.13. The van der Waals surface area contributed by atoms with Gasteiger partial charge in [0.25, 0.3) is 29.5 Å². The zero-order valence-electron chi connectivity index (χ0n) is 83.1. The Balaban J connectivity index is 0.000000118. The monoisotopic (exact) mass is 2130 g/mol. The Labute approximate surface area is 882 Å². The highest BCUT2D eigenvalue weighted by Gasteiger charge is 2.35. The lowest BCUT2D eigenvalue weighted by molar-refractivity contribution is -0.115. The van der Waals surface area contributed by atoms with Gasteiger partial charge in [0, 0.05) is 188 Å². The van der Waals surface area contributed by atoms with Crippen LogP contribution < -0.4 is 82.0 Å². The molecule has 0 bridgehead atoms. The molecule has 8 aliphatic rings. The van der Waals surface area contributed by atoms with E-state index in [1.54, 1.807) is 99.3 Å². The fourth-order valence-corrected chi connectivity index (χ4v) is 23.2. The lowest BCUT2D eigenvalue weighted by Crippen LogP contribution is -2.46. The second-order valence-electron chi connectivity index (χ2n) is 36.2. The summed E-state index contributed by atoms with van der Waals surface area (Å²) in [5.74, 6) is 4.87. The third-order valence-electron chi connectivity index (χ3n) is 24.2. The predicted molar refractivity (Wildman–Crippen MR) is 578 cm³/mol. The Kier molecular flexibility index (Phi) is 30.8. The molecule has 5 aromatic carbocycles. The summed E-state index contributed by atoms with van der Waals surface area (Å²) in [4.78, 5) is 148. The van der Waals surface area contributed by atoms with Crippen LogP contribution in [0.2, 0.25) is 0 Å². The van der Waals surface area contributed by atoms with Crippen LogP contribution in [-0.4, -0.2) is 231 Å². The summed E-state index contributed by atoms with van der Waals surface area (Å²) >= 11 is 7.24. The molecule has 8 aliphatic heterocycles. The summed E-state index contributed by atoms with van der Waals surface area (Å²) < 4.78 is 52.2. The maximum Gasteiger partial charge on any atom is 0.264 e. The number of hydrogen-bond donors (Lipinski definition) is 11. The van der Waals surface area contributed by atoms with Crippen molar-refractivity contribution in [2.24, 2.45) is 5.14 Å². The Morgan fingerprint density at radius 2 is 0.580 bits per heavy atom. The number of nitrogens with two attached hydrogens (primary N) is 1. The molecule has 770 valence electrons. The van der Waals surface area contributed by atoms with Gasteiger partial charge in [-0.05, 0) is 159 Å². The zero-order valence-corrected chi connectivity index (χ0v) is 88.0. The number of ether oxygens (including phenoxy) is 5. The fraction of sp³-hybridized carbons (Fsp3) is 0.260. The summed E-state index contributed by atoms with van der Waals surface area (Å²) in [5.41, 5.74) is 17.8. The number of amides is 7. The molecule has 23 rings (SSSR count). The van der Waals surface area contributed by atoms with Gasteiger partial charge in [-0.25, -0.2) is 63.4 Å². The minimum absolute atomic E-state index is 0.0136. The fourth-order valence-electron chi connectivity index (χ4n) is 17.3. The first kappa shape index (κ1) is 103. The van der Waals surface area contributed by atoms with Gasteiger partial charge >= 0.3 is 0 Å². The van der Waals surface area contributed by atoms with Gasteiger partial charge in [0.2, 0.25) is 51.6 Å². The van der Waals surface area contributed by atoms with Crippen LogP contribution in [-0.2, 0) is 52.6 Å². The summed E-state index contributed by atoms with van der Waals surface area (Å²) in [6.45, 7) is 22.3. The molecular formula is C104H104N26O14S6. The van der Waals surface area contributed by atoms with Crippen LogP contribution in [0.3, 0.4) is 0 Å². The zero-order chi connectivity index (χ0) is 105. The maximum atomic E-state index is 12.9. The number of benzene rings is 5. The van der Waals surface area contributed by atoms with Crippen molar-refractivity contribution in [2.75, 3.05) is 144 Å². The van der Waals surface area contributed by atoms with Gasteiger partial charge in [-0.1, -0.05) is 30.3 Å². The highest BCUT2D eigenvalue weighted by Crippen LogP contribution is 2.48. The Morgan fingerprint density at radius 1 is 0.333 bits per heavy atom. The van der Waals surface area contributed by atoms with Gasteiger partial charge in [-0.3, -0.25) is 33.6 Å². The number of aromatic nitrogens is 10. The highest BCUT2D eigenvalue weighted by molar-refractivity contribution is 7.89. The largest absolute Gasteiger partial charge is 0.484 e. The van der Waals surface area contributed by atoms with Crippen molar-refractivity contribution in [3.05, 3.63) is 242 Å². The number of sulfonamides is 1. The second-order valence-corrected chi connectivity index (χ2v) is 43.5. The van der Waals surface area contributed by atoms with Gasteiger partial charge in [0.05, 0.1) is 84.7 Å². The smallest absolute Gasteiger partial charge is 0.264 e. The first-order valence-corrected chi connectivity index (χ1v) is 53.4. The number of hydrogen-bond acceptors (Lipinski definition) is 37. The molecule has 3 saturated heterocycles. The number of carbonyl (C=O) groups excluding carboxylic acids is 7. The molecule has 0 radical (unpaired) electrons. The van der Waals surface area contributed by atoms with Crippen LogP contribution in [0.1, 0.15) is 109 Å². The predicted octanol–water partition coefficient (Wildman–Crippen LogP) is 15.5. The molecule has 3 fully saturated rings. The number of anilines is 12. The van der Waals surface area contributed by atoms with Gasteiger partial charge in [-0.15, -0.1) is 56.7 Å². The molecule has 46 heteroatoms. The van der Waals surface area contributed by atoms with Crippen LogP contribution in [0.15, 0.2) is 175 Å². The Hall–Kier alpha value is -15.9. The van der Waals surface area contributed by atoms with Crippen molar-refractivity contribution < 1.29 is 65.7 Å². The van der Waals surface area contributed by atoms with Crippen LogP contribution in [0.5, 0.6) is 28.7 Å². The van der Waals surface area contributed by atoms with Crippen molar-refractivity contribution in [3.63, 3.8) is 0 Å². The second kappa shape index (κ2) is 45.0. The van der Waals surface area contributed by atoms with E-state index in [4.69, 9.17) is 33.8 Å². The van der Waals surface area contributed by atoms with E-state index in [1.165, 1.54) is 105 Å². The minimum Gasteiger partial charge on any atom is -0.484 e. The van der Waals surface area contributed by atoms with Gasteiger partial charge < -0.3 is 101 Å². The molecule has 40 nitrogen and oxygen atoms in total. The van der Waals surface area contributed by atoms with E-state index in [0.717, 1.165) is 138 Å². The molecular weight excluding hydrogens is 2030 g/mol. The van der Waals surface area contributed by atoms with Crippen LogP contribution in [0.4, 0.5) is 69.6 Å². The van der Waals surface area contributed by atoms with Crippen LogP contribution in [0, 0.1) is 27.7 Å². The number of rotatable bonds is 18. The third kappa shape index (κ3) is 24.2. The topological polar surface area (TPSA) is 491 Å². The quantitative estimate of drug-likeness (QED) is 0.0380. The molecule has 7 amide bonds. The van der Waals surface area contributed by atoms with E-state index in [-0.39, 0.29) is 52.2 Å². The minimum atomic E-state index is -3.83. The number of piperazine rings is 3. The van der Waals surface area contributed by atoms with E-state index in [1.807, 2.05) is 75.4 Å². The van der Waals surface area contributed by atoms with Gasteiger partial charge in [0.15, 0.2) is 28.7 Å². The first-order chi connectivity index (χ1) is 72.3. The van der Waals surface area contributed by atoms with Crippen molar-refractivity contribution in [1.29, 1.82) is 0 Å². The number of fused-ring (bicyclic) bond motifs is 15. The molecule has 0 saturated carbocycles. The van der Waals surface area contributed by atoms with E-state index in [9.17, 15) is 42.0 Å². The van der Waals surface area contributed by atoms with Crippen LogP contribution in [0.25, 0.3) is 56.3 Å². The van der Waals surface area contributed by atoms with Crippen molar-refractivity contribution in [2.45, 2.75) is 79.5 Å². The Bertz CT molecular complexity index is 7820. The van der Waals surface area contributed by atoms with E-state index in [2.05, 4.69) is 162 Å². The van der Waals surface area contributed by atoms with Gasteiger partial charge in [0.1, 0.15) is 61.5 Å². The molecule has 0 spiro atoms. The number of nitrogens with one attached hydrogen (secondary N) is 10. The van der Waals surface area contributed by atoms with Crippen molar-refractivity contribution in [3.8, 4) is 85.0 Å². The standard InChI is InChI=1S/C22H22N6O3S.C22H23N5O2S.C20H20N6O4S2.C20H19N5O3S.C20H20N4O2S/c1-13(29)25-14-3-2-4-15(9-14)26-22-24-11-17-20(27-22)16-10-18(32-19(16)12-31-17)21(30)28-7-5-23-6-8-28;1-13-7-14(2)9-15(8-13)25-22-24-11-17-20(26-22)16-10-18(30-19(16)12-29-17)21(28)27-5-3-23-4-6-27;21-32(28,29)13-3-1-2-12(8-13)24-20-23-10-15-18(25-20)14-9-16(31-17(14)11-30-15)19(27)26-6-4-22-5-7-26;1-11(26)22-12-5-4-6-13(7-12)23-20-21-9-15-18(24-20)14-8-16(19(27)25(2)3)29-17(14)10-28-15;1-11-5-12(2)7-13(6-11)22-20-21-9-15-18(23-20)14-8-16(19(25)24(3)4)27-17(14)10-26-15/h2-4,9-11,23H,5-8,12H2,1H3,(H,25,29)(H,24,26,27);7-11,23H,3-6,12H2,1-2H3,(H,24,25,26);1-3,8-10,22H,4-7,11H2,(H2,21,28,29)(H,23,24,25);4-9H,10H2,1-3H3,(H,22,26)(H,21,23,24);5-9H,10H2,1-4H3,(H,21,22,23). The highest BCUT2D eigenvalue weighted by atomic mass is 32.2. The first-order valence-electron chi connectivity index (χ1n) is 47.8. The molecule has 0 unspecified atom stereocenters. The van der Waals surface area contributed by atoms with Crippen molar-refractivity contribution >= 4 is 178 Å². The molecule has 0 aliphatic carbocycles. The average molecular weight is 2130 g/mol. The number of nitrogens with zero attached hydrogens (tertiary/aromatic N) is 15. The number of carbonyl (C=O) groups is 7. The lowest BCUT2D eigenvalue weighted by atomic mass is 10.1. The van der Waals surface area contributed by atoms with E-state index >= 15 is 0 Å². The van der Waals surface area contributed by atoms with E-state index < -0.39 is 10.0 Å². The number of primary sulfonamides is 1. The maximum absolute atomic E-state index is 12.9. The molecule has 150 heavy (non-hydrogen) atoms. The van der Waals surface area contributed by atoms with Gasteiger partial charge in [-0.2, -0.15) is 0 Å². The lowest BCUT2D eigenvalue weighted by Gasteiger charge is -2.26. The molecule has 12 N–H and O–H groups in total. The molecule has 0 atom stereocenters. The third-order valence-corrected chi connectivity index (χ3v) is 30.6.